The van der Waals surface area contributed by atoms with Crippen LogP contribution in [0.3, 0.4) is 0 Å². The molecule has 0 amide bonds. The smallest absolute Gasteiger partial charge is 0.191 e. The van der Waals surface area contributed by atoms with Gasteiger partial charge in [0.15, 0.2) is 5.96 Å². The first-order valence-electron chi connectivity index (χ1n) is 9.25. The molecule has 5 heteroatoms. The van der Waals surface area contributed by atoms with Gasteiger partial charge in [0.25, 0.3) is 0 Å². The Kier molecular flexibility index (Phi) is 8.60. The average Bonchev–Trinajstić information content (AvgIpc) is 2.87. The topological polar surface area (TPSA) is 58.5 Å². The third kappa shape index (κ3) is 7.30. The van der Waals surface area contributed by atoms with Gasteiger partial charge in [-0.25, -0.2) is 0 Å². The zero-order valence-corrected chi connectivity index (χ0v) is 15.2. The summed E-state index contributed by atoms with van der Waals surface area (Å²) in [4.78, 5) is 8.57. The zero-order chi connectivity index (χ0) is 17.0. The van der Waals surface area contributed by atoms with E-state index in [1.165, 1.54) is 44.1 Å². The normalized spacial score (nSPS) is 16.7. The van der Waals surface area contributed by atoms with E-state index in [-0.39, 0.29) is 0 Å². The summed E-state index contributed by atoms with van der Waals surface area (Å²) in [5.74, 6) is 0.833. The number of nitrogens with zero attached hydrogens (tertiary/aromatic N) is 2. The van der Waals surface area contributed by atoms with Crippen molar-refractivity contribution in [3.63, 3.8) is 0 Å². The molecular formula is C19H32N4O. The van der Waals surface area contributed by atoms with Crippen molar-refractivity contribution < 1.29 is 4.74 Å². The Morgan fingerprint density at radius 3 is 2.58 bits per heavy atom. The van der Waals surface area contributed by atoms with Crippen LogP contribution in [0.5, 0.6) is 0 Å². The second kappa shape index (κ2) is 11.0. The second-order valence-corrected chi connectivity index (χ2v) is 6.47. The highest BCUT2D eigenvalue weighted by atomic mass is 16.5. The Morgan fingerprint density at radius 2 is 1.92 bits per heavy atom. The van der Waals surface area contributed by atoms with Gasteiger partial charge in [0.05, 0.1) is 12.7 Å². The lowest BCUT2D eigenvalue weighted by molar-refractivity contribution is 0.0468. The Balaban J connectivity index is 1.57. The van der Waals surface area contributed by atoms with Crippen LogP contribution in [0.15, 0.2) is 23.3 Å². The molecule has 2 rings (SSSR count). The molecule has 134 valence electrons. The van der Waals surface area contributed by atoms with Crippen molar-refractivity contribution in [3.05, 3.63) is 29.6 Å². The molecule has 1 fully saturated rings. The number of hydrogen-bond acceptors (Lipinski definition) is 3. The predicted molar refractivity (Wildman–Crippen MR) is 99.5 cm³/mol. The lowest BCUT2D eigenvalue weighted by atomic mass is 10.1. The summed E-state index contributed by atoms with van der Waals surface area (Å²) in [5.41, 5.74) is 2.29. The minimum Gasteiger partial charge on any atom is -0.376 e. The monoisotopic (exact) mass is 332 g/mol. The molecule has 5 nitrogen and oxygen atoms in total. The first-order chi connectivity index (χ1) is 11.8. The highest BCUT2D eigenvalue weighted by Crippen LogP contribution is 2.19. The van der Waals surface area contributed by atoms with Crippen LogP contribution in [0.2, 0.25) is 0 Å². The predicted octanol–water partition coefficient (Wildman–Crippen LogP) is 2.84. The van der Waals surface area contributed by atoms with Gasteiger partial charge in [0.1, 0.15) is 0 Å². The maximum absolute atomic E-state index is 5.99. The highest BCUT2D eigenvalue weighted by molar-refractivity contribution is 5.79. The fourth-order valence-electron chi connectivity index (χ4n) is 3.00. The van der Waals surface area contributed by atoms with Crippen LogP contribution in [-0.4, -0.2) is 43.8 Å². The quantitative estimate of drug-likeness (QED) is 0.349. The summed E-state index contributed by atoms with van der Waals surface area (Å²) in [6, 6.07) is 4.17. The van der Waals surface area contributed by atoms with Gasteiger partial charge < -0.3 is 15.4 Å². The molecule has 1 saturated carbocycles. The van der Waals surface area contributed by atoms with Gasteiger partial charge in [-0.05, 0) is 37.8 Å². The van der Waals surface area contributed by atoms with Gasteiger partial charge in [-0.15, -0.1) is 0 Å². The van der Waals surface area contributed by atoms with Crippen molar-refractivity contribution >= 4 is 5.96 Å². The van der Waals surface area contributed by atoms with Gasteiger partial charge in [-0.1, -0.05) is 31.7 Å². The molecule has 0 aromatic carbocycles. The molecule has 1 aliphatic carbocycles. The molecule has 0 unspecified atom stereocenters. The SMILES string of the molecule is CN=C(NCCOC1CCCCCC1)NCCc1ccc(C)nc1. The Bertz CT molecular complexity index is 479. The van der Waals surface area contributed by atoms with Crippen LogP contribution in [0.25, 0.3) is 0 Å². The standard InChI is InChI=1S/C19H32N4O/c1-16-9-10-17(15-23-16)11-12-21-19(20-2)22-13-14-24-18-7-5-3-4-6-8-18/h9-10,15,18H,3-8,11-14H2,1-2H3,(H2,20,21,22). The summed E-state index contributed by atoms with van der Waals surface area (Å²) in [6.07, 6.45) is 11.1. The van der Waals surface area contributed by atoms with Crippen molar-refractivity contribution in [3.8, 4) is 0 Å². The number of ether oxygens (including phenoxy) is 1. The fraction of sp³-hybridized carbons (Fsp3) is 0.684. The highest BCUT2D eigenvalue weighted by Gasteiger charge is 2.12. The van der Waals surface area contributed by atoms with Crippen molar-refractivity contribution in [1.82, 2.24) is 15.6 Å². The third-order valence-corrected chi connectivity index (χ3v) is 4.45. The van der Waals surface area contributed by atoms with Crippen molar-refractivity contribution in [1.29, 1.82) is 0 Å². The van der Waals surface area contributed by atoms with E-state index in [0.29, 0.717) is 6.10 Å². The van der Waals surface area contributed by atoms with E-state index in [1.54, 1.807) is 7.05 Å². The van der Waals surface area contributed by atoms with Crippen molar-refractivity contribution in [2.75, 3.05) is 26.7 Å². The Hall–Kier alpha value is -1.62. The molecule has 0 radical (unpaired) electrons. The van der Waals surface area contributed by atoms with E-state index < -0.39 is 0 Å². The number of rotatable bonds is 7. The first-order valence-corrected chi connectivity index (χ1v) is 9.25. The molecule has 24 heavy (non-hydrogen) atoms. The van der Waals surface area contributed by atoms with Gasteiger partial charge in [-0.3, -0.25) is 9.98 Å². The fourth-order valence-corrected chi connectivity index (χ4v) is 3.00. The van der Waals surface area contributed by atoms with Crippen LogP contribution in [0, 0.1) is 6.92 Å². The molecule has 0 bridgehead atoms. The van der Waals surface area contributed by atoms with Gasteiger partial charge >= 0.3 is 0 Å². The molecule has 0 saturated heterocycles. The maximum Gasteiger partial charge on any atom is 0.191 e. The second-order valence-electron chi connectivity index (χ2n) is 6.47. The van der Waals surface area contributed by atoms with Crippen LogP contribution in [0.1, 0.15) is 49.8 Å². The number of nitrogens with one attached hydrogen (secondary N) is 2. The summed E-state index contributed by atoms with van der Waals surface area (Å²) in [5, 5.41) is 6.65. The van der Waals surface area contributed by atoms with Crippen molar-refractivity contribution in [2.45, 2.75) is 58.0 Å². The molecule has 0 aliphatic heterocycles. The van der Waals surface area contributed by atoms with E-state index in [1.807, 2.05) is 19.2 Å². The number of guanidine groups is 1. The summed E-state index contributed by atoms with van der Waals surface area (Å²) < 4.78 is 5.99. The van der Waals surface area contributed by atoms with Gasteiger partial charge in [0, 0.05) is 32.0 Å². The number of aliphatic imine (C=N–C) groups is 1. The minimum absolute atomic E-state index is 0.457. The summed E-state index contributed by atoms with van der Waals surface area (Å²) >= 11 is 0. The molecule has 0 spiro atoms. The van der Waals surface area contributed by atoms with E-state index in [2.05, 4.69) is 26.7 Å². The molecular weight excluding hydrogens is 300 g/mol. The average molecular weight is 332 g/mol. The number of hydrogen-bond donors (Lipinski definition) is 2. The molecule has 0 atom stereocenters. The van der Waals surface area contributed by atoms with Gasteiger partial charge in [0.2, 0.25) is 0 Å². The molecule has 1 heterocycles. The van der Waals surface area contributed by atoms with Crippen LogP contribution < -0.4 is 10.6 Å². The lowest BCUT2D eigenvalue weighted by Crippen LogP contribution is -2.40. The van der Waals surface area contributed by atoms with E-state index in [9.17, 15) is 0 Å². The minimum atomic E-state index is 0.457. The Labute approximate surface area is 146 Å². The molecule has 1 aromatic rings. The zero-order valence-electron chi connectivity index (χ0n) is 15.2. The first kappa shape index (κ1) is 18.7. The lowest BCUT2D eigenvalue weighted by Gasteiger charge is -2.16. The summed E-state index contributed by atoms with van der Waals surface area (Å²) in [7, 11) is 1.80. The van der Waals surface area contributed by atoms with E-state index in [4.69, 9.17) is 4.74 Å². The Morgan fingerprint density at radius 1 is 1.17 bits per heavy atom. The van der Waals surface area contributed by atoms with Crippen LogP contribution >= 0.6 is 0 Å². The van der Waals surface area contributed by atoms with E-state index in [0.717, 1.165) is 37.8 Å². The van der Waals surface area contributed by atoms with E-state index >= 15 is 0 Å². The number of aromatic nitrogens is 1. The molecule has 1 aliphatic rings. The largest absolute Gasteiger partial charge is 0.376 e. The van der Waals surface area contributed by atoms with Crippen LogP contribution in [0.4, 0.5) is 0 Å². The maximum atomic E-state index is 5.99. The summed E-state index contributed by atoms with van der Waals surface area (Å²) in [6.45, 7) is 4.38. The van der Waals surface area contributed by atoms with Gasteiger partial charge in [-0.2, -0.15) is 0 Å². The van der Waals surface area contributed by atoms with Crippen LogP contribution in [-0.2, 0) is 11.2 Å². The number of aryl methyl sites for hydroxylation is 1. The molecule has 2 N–H and O–H groups in total. The third-order valence-electron chi connectivity index (χ3n) is 4.45. The van der Waals surface area contributed by atoms with Crippen molar-refractivity contribution in [2.24, 2.45) is 4.99 Å². The number of pyridine rings is 1. The molecule has 1 aromatic heterocycles.